The number of benzene rings is 1. The first-order chi connectivity index (χ1) is 9.73. The van der Waals surface area contributed by atoms with Gasteiger partial charge in [0.15, 0.2) is 6.10 Å². The molecule has 0 N–H and O–H groups in total. The molecule has 2 unspecified atom stereocenters. The van der Waals surface area contributed by atoms with Crippen molar-refractivity contribution in [1.29, 1.82) is 0 Å². The van der Waals surface area contributed by atoms with Crippen molar-refractivity contribution >= 4 is 11.5 Å². The first-order valence-electron chi connectivity index (χ1n) is 6.35. The zero-order valence-corrected chi connectivity index (χ0v) is 11.3. The van der Waals surface area contributed by atoms with Crippen LogP contribution in [0.3, 0.4) is 0 Å². The molecule has 0 fully saturated rings. The molecule has 1 heterocycles. The molecule has 1 aliphatic heterocycles. The highest BCUT2D eigenvalue weighted by Crippen LogP contribution is 2.39. The summed E-state index contributed by atoms with van der Waals surface area (Å²) in [5.74, 6) is -2.04. The second-order valence-electron chi connectivity index (χ2n) is 4.69. The van der Waals surface area contributed by atoms with Crippen LogP contribution in [-0.4, -0.2) is 37.6 Å². The van der Waals surface area contributed by atoms with Crippen LogP contribution in [0.4, 0.5) is 0 Å². The maximum atomic E-state index is 12.3. The van der Waals surface area contributed by atoms with Gasteiger partial charge in [0.25, 0.3) is 0 Å². The predicted octanol–water partition coefficient (Wildman–Crippen LogP) is 1.53. The third-order valence-electron chi connectivity index (χ3n) is 3.76. The van der Waals surface area contributed by atoms with E-state index in [0.29, 0.717) is 5.71 Å². The molecule has 3 rings (SSSR count). The Bertz CT molecular complexity index is 575. The molecule has 1 aliphatic carbocycles. The Morgan fingerprint density at radius 3 is 2.55 bits per heavy atom. The molecular formula is C15H15NO4. The van der Waals surface area contributed by atoms with Crippen LogP contribution in [0.2, 0.25) is 0 Å². The molecule has 20 heavy (non-hydrogen) atoms. The highest BCUT2D eigenvalue weighted by Gasteiger charge is 2.57. The number of carbonyl (C=O) groups is 1. The molecule has 0 aromatic heterocycles. The lowest BCUT2D eigenvalue weighted by atomic mass is 9.79. The first-order valence-corrected chi connectivity index (χ1v) is 6.35. The van der Waals surface area contributed by atoms with Crippen molar-refractivity contribution in [2.24, 2.45) is 11.1 Å². The summed E-state index contributed by atoms with van der Waals surface area (Å²) in [6.07, 6.45) is 2.77. The molecule has 0 saturated heterocycles. The molecule has 104 valence electrons. The number of carbonyl (C=O) groups excluding carboxylic acids is 1. The van der Waals surface area contributed by atoms with E-state index in [4.69, 9.17) is 14.3 Å². The van der Waals surface area contributed by atoms with Crippen LogP contribution in [0.1, 0.15) is 5.56 Å². The van der Waals surface area contributed by atoms with Gasteiger partial charge in [-0.3, -0.25) is 4.79 Å². The van der Waals surface area contributed by atoms with Crippen LogP contribution in [-0.2, 0) is 19.1 Å². The van der Waals surface area contributed by atoms with E-state index in [0.717, 1.165) is 5.56 Å². The zero-order valence-electron chi connectivity index (χ0n) is 11.3. The number of hydrogen-bond acceptors (Lipinski definition) is 5. The Hall–Kier alpha value is -1.98. The van der Waals surface area contributed by atoms with Gasteiger partial charge in [-0.1, -0.05) is 35.5 Å². The molecule has 1 aromatic carbocycles. The molecular weight excluding hydrogens is 258 g/mol. The number of oxime groups is 1. The van der Waals surface area contributed by atoms with Crippen LogP contribution >= 0.6 is 0 Å². The zero-order chi connectivity index (χ0) is 14.2. The van der Waals surface area contributed by atoms with E-state index >= 15 is 0 Å². The predicted molar refractivity (Wildman–Crippen MR) is 72.2 cm³/mol. The fourth-order valence-corrected chi connectivity index (χ4v) is 2.76. The Labute approximate surface area is 116 Å². The Morgan fingerprint density at radius 2 is 1.90 bits per heavy atom. The summed E-state index contributed by atoms with van der Waals surface area (Å²) in [6.45, 7) is 0. The largest absolute Gasteiger partial charge is 0.387 e. The van der Waals surface area contributed by atoms with Crippen LogP contribution < -0.4 is 0 Å². The summed E-state index contributed by atoms with van der Waals surface area (Å²) in [7, 11) is 2.91. The summed E-state index contributed by atoms with van der Waals surface area (Å²) in [4.78, 5) is 17.7. The van der Waals surface area contributed by atoms with Gasteiger partial charge >= 0.3 is 0 Å². The maximum Gasteiger partial charge on any atom is 0.245 e. The van der Waals surface area contributed by atoms with E-state index in [1.807, 2.05) is 30.3 Å². The van der Waals surface area contributed by atoms with Gasteiger partial charge in [0, 0.05) is 14.2 Å². The van der Waals surface area contributed by atoms with E-state index in [-0.39, 0.29) is 11.9 Å². The molecule has 5 nitrogen and oxygen atoms in total. The topological polar surface area (TPSA) is 57.1 Å². The number of ether oxygens (including phenoxy) is 2. The highest BCUT2D eigenvalue weighted by molar-refractivity contribution is 6.10. The van der Waals surface area contributed by atoms with E-state index < -0.39 is 11.7 Å². The van der Waals surface area contributed by atoms with E-state index in [1.54, 1.807) is 6.08 Å². The van der Waals surface area contributed by atoms with Gasteiger partial charge in [-0.15, -0.1) is 0 Å². The smallest absolute Gasteiger partial charge is 0.245 e. The van der Waals surface area contributed by atoms with Gasteiger partial charge < -0.3 is 14.3 Å². The lowest BCUT2D eigenvalue weighted by Gasteiger charge is -2.37. The number of hydrogen-bond donors (Lipinski definition) is 0. The Balaban J connectivity index is 2.08. The van der Waals surface area contributed by atoms with Crippen molar-refractivity contribution in [3.63, 3.8) is 0 Å². The summed E-state index contributed by atoms with van der Waals surface area (Å²) in [6, 6.07) is 9.58. The number of rotatable bonds is 3. The van der Waals surface area contributed by atoms with Gasteiger partial charge in [0.05, 0.1) is 0 Å². The van der Waals surface area contributed by atoms with Gasteiger partial charge in [-0.25, -0.2) is 0 Å². The van der Waals surface area contributed by atoms with Crippen LogP contribution in [0.5, 0.6) is 0 Å². The molecule has 0 saturated carbocycles. The molecule has 0 radical (unpaired) electrons. The van der Waals surface area contributed by atoms with Gasteiger partial charge in [0.2, 0.25) is 11.6 Å². The molecule has 0 bridgehead atoms. The van der Waals surface area contributed by atoms with Crippen molar-refractivity contribution in [3.8, 4) is 0 Å². The molecule has 2 atom stereocenters. The number of methoxy groups -OCH3 is 2. The van der Waals surface area contributed by atoms with Crippen molar-refractivity contribution in [3.05, 3.63) is 48.0 Å². The fraction of sp³-hybridized carbons (Fsp3) is 0.333. The maximum absolute atomic E-state index is 12.3. The first kappa shape index (κ1) is 13.0. The molecule has 2 aliphatic rings. The lowest BCUT2D eigenvalue weighted by molar-refractivity contribution is -0.225. The molecule has 1 aromatic rings. The number of fused-ring (bicyclic) bond motifs is 1. The quantitative estimate of drug-likeness (QED) is 0.784. The minimum atomic E-state index is -1.38. The minimum absolute atomic E-state index is 0.238. The SMILES string of the molecule is COC1(OC)C(=O)C=CC2ON=C(c3ccccc3)C21. The standard InChI is InChI=1S/C15H15NO4/c1-18-15(19-2)12(17)9-8-11-13(15)14(16-20-11)10-6-4-3-5-7-10/h3-9,11,13H,1-2H3. The number of nitrogens with zero attached hydrogens (tertiary/aromatic N) is 1. The van der Waals surface area contributed by atoms with Crippen molar-refractivity contribution < 1.29 is 19.1 Å². The Kier molecular flexibility index (Phi) is 3.16. The normalized spacial score (nSPS) is 26.9. The van der Waals surface area contributed by atoms with E-state index in [1.165, 1.54) is 20.3 Å². The third kappa shape index (κ3) is 1.71. The third-order valence-corrected chi connectivity index (χ3v) is 3.76. The fourth-order valence-electron chi connectivity index (χ4n) is 2.76. The second kappa shape index (κ2) is 4.85. The monoisotopic (exact) mass is 273 g/mol. The lowest BCUT2D eigenvalue weighted by Crippen LogP contribution is -2.56. The average Bonchev–Trinajstić information content (AvgIpc) is 2.93. The van der Waals surface area contributed by atoms with Crippen molar-refractivity contribution in [2.75, 3.05) is 14.2 Å². The van der Waals surface area contributed by atoms with Gasteiger partial charge in [-0.05, 0) is 17.7 Å². The van der Waals surface area contributed by atoms with Crippen LogP contribution in [0.15, 0.2) is 47.6 Å². The number of ketones is 1. The van der Waals surface area contributed by atoms with Crippen molar-refractivity contribution in [1.82, 2.24) is 0 Å². The second-order valence-corrected chi connectivity index (χ2v) is 4.69. The van der Waals surface area contributed by atoms with Crippen LogP contribution in [0.25, 0.3) is 0 Å². The van der Waals surface area contributed by atoms with E-state index in [2.05, 4.69) is 5.16 Å². The summed E-state index contributed by atoms with van der Waals surface area (Å²) >= 11 is 0. The van der Waals surface area contributed by atoms with Gasteiger partial charge in [-0.2, -0.15) is 0 Å². The molecule has 5 heteroatoms. The van der Waals surface area contributed by atoms with Crippen LogP contribution in [0, 0.1) is 5.92 Å². The molecule has 0 amide bonds. The minimum Gasteiger partial charge on any atom is -0.387 e. The van der Waals surface area contributed by atoms with E-state index in [9.17, 15) is 4.79 Å². The molecule has 0 spiro atoms. The summed E-state index contributed by atoms with van der Waals surface area (Å²) in [5.41, 5.74) is 1.55. The summed E-state index contributed by atoms with van der Waals surface area (Å²) in [5, 5.41) is 4.13. The van der Waals surface area contributed by atoms with Crippen molar-refractivity contribution in [2.45, 2.75) is 11.9 Å². The average molecular weight is 273 g/mol. The highest BCUT2D eigenvalue weighted by atomic mass is 16.7. The summed E-state index contributed by atoms with van der Waals surface area (Å²) < 4.78 is 10.8. The Morgan fingerprint density at radius 1 is 1.20 bits per heavy atom. The van der Waals surface area contributed by atoms with Gasteiger partial charge in [0.1, 0.15) is 11.6 Å².